The Morgan fingerprint density at radius 3 is 2.31 bits per heavy atom. The first kappa shape index (κ1) is 47.2. The van der Waals surface area contributed by atoms with Crippen molar-refractivity contribution in [1.29, 1.82) is 0 Å². The van der Waals surface area contributed by atoms with Crippen molar-refractivity contribution < 1.29 is 45.5 Å². The Bertz CT molecular complexity index is 2230. The van der Waals surface area contributed by atoms with Gasteiger partial charge in [-0.1, -0.05) is 62.7 Å². The fourth-order valence-electron chi connectivity index (χ4n) is 8.92. The number of aromatic nitrogens is 3. The lowest BCUT2D eigenvalue weighted by Gasteiger charge is -2.48. The number of nitrogens with one attached hydrogen (secondary N) is 2. The monoisotopic (exact) mass is 917 g/mol. The van der Waals surface area contributed by atoms with E-state index in [0.29, 0.717) is 46.3 Å². The molecule has 20 heteroatoms. The van der Waals surface area contributed by atoms with E-state index < -0.39 is 96.9 Å². The van der Waals surface area contributed by atoms with E-state index >= 15 is 0 Å². The van der Waals surface area contributed by atoms with E-state index in [2.05, 4.69) is 15.3 Å². The van der Waals surface area contributed by atoms with Crippen LogP contribution in [0.2, 0.25) is 10.0 Å². The number of hydrogen-bond donors (Lipinski definition) is 2. The first-order valence-corrected chi connectivity index (χ1v) is 21.6. The molecule has 3 aromatic rings. The summed E-state index contributed by atoms with van der Waals surface area (Å²) in [6.07, 6.45) is -6.10. The lowest BCUT2D eigenvalue weighted by molar-refractivity contribution is -0.299. The number of amides is 4. The van der Waals surface area contributed by atoms with Crippen molar-refractivity contribution in [2.45, 2.75) is 127 Å². The van der Waals surface area contributed by atoms with E-state index in [1.54, 1.807) is 30.1 Å². The molecule has 6 rings (SSSR count). The van der Waals surface area contributed by atoms with Crippen LogP contribution in [-0.2, 0) is 25.6 Å². The second-order valence-electron chi connectivity index (χ2n) is 17.4. The molecule has 2 aromatic heterocycles. The van der Waals surface area contributed by atoms with Crippen LogP contribution in [0.3, 0.4) is 0 Å². The van der Waals surface area contributed by atoms with Gasteiger partial charge in [0.2, 0.25) is 23.6 Å². The molecule has 0 bridgehead atoms. The zero-order valence-electron chi connectivity index (χ0n) is 34.8. The molecule has 3 fully saturated rings. The smallest absolute Gasteiger partial charge is 0.344 e. The zero-order chi connectivity index (χ0) is 45.5. The van der Waals surface area contributed by atoms with E-state index in [1.165, 1.54) is 24.2 Å². The molecule has 0 unspecified atom stereocenters. The van der Waals surface area contributed by atoms with Gasteiger partial charge in [0.05, 0.1) is 18.1 Å². The number of halogens is 8. The second-order valence-corrected chi connectivity index (χ2v) is 18.3. The van der Waals surface area contributed by atoms with Gasteiger partial charge in [-0.25, -0.2) is 18.2 Å². The molecular weight excluding hydrogens is 867 g/mol. The third kappa shape index (κ3) is 9.75. The van der Waals surface area contributed by atoms with Gasteiger partial charge in [0.25, 0.3) is 11.5 Å². The number of fused-ring (bicyclic) bond motifs is 1. The van der Waals surface area contributed by atoms with Gasteiger partial charge in [0.1, 0.15) is 35.6 Å². The number of benzene rings is 1. The number of H-pyrrole nitrogens is 1. The maximum absolute atomic E-state index is 14.9. The summed E-state index contributed by atoms with van der Waals surface area (Å²) in [6.45, 7) is 3.36. The van der Waals surface area contributed by atoms with Crippen LogP contribution in [-0.4, -0.2) is 110 Å². The number of pyridine rings is 1. The molecule has 12 nitrogen and oxygen atoms in total. The van der Waals surface area contributed by atoms with Gasteiger partial charge in [-0.05, 0) is 55.0 Å². The van der Waals surface area contributed by atoms with Crippen molar-refractivity contribution in [3.63, 3.8) is 0 Å². The number of carbonyl (C=O) groups is 4. The van der Waals surface area contributed by atoms with Gasteiger partial charge in [-0.15, -0.1) is 0 Å². The molecule has 62 heavy (non-hydrogen) atoms. The summed E-state index contributed by atoms with van der Waals surface area (Å²) in [5.74, 6) is -7.27. The van der Waals surface area contributed by atoms with Gasteiger partial charge < -0.3 is 29.6 Å². The topological polar surface area (TPSA) is 141 Å². The van der Waals surface area contributed by atoms with Crippen molar-refractivity contribution in [2.75, 3.05) is 27.2 Å². The second kappa shape index (κ2) is 18.4. The van der Waals surface area contributed by atoms with E-state index in [0.717, 1.165) is 17.4 Å². The molecule has 0 spiro atoms. The van der Waals surface area contributed by atoms with Crippen LogP contribution in [0.25, 0.3) is 11.0 Å². The number of imidazole rings is 1. The number of rotatable bonds is 7. The molecule has 1 aliphatic carbocycles. The Morgan fingerprint density at radius 1 is 0.968 bits per heavy atom. The van der Waals surface area contributed by atoms with Crippen molar-refractivity contribution in [3.05, 3.63) is 62.2 Å². The number of nitrogens with zero attached hydrogens (tertiary/aromatic N) is 5. The van der Waals surface area contributed by atoms with Crippen molar-refractivity contribution in [3.8, 4) is 0 Å². The van der Waals surface area contributed by atoms with Crippen molar-refractivity contribution >= 4 is 57.9 Å². The lowest BCUT2D eigenvalue weighted by atomic mass is 9.64. The molecule has 5 atom stereocenters. The summed E-state index contributed by atoms with van der Waals surface area (Å²) in [5.41, 5.74) is -3.77. The van der Waals surface area contributed by atoms with Crippen molar-refractivity contribution in [1.82, 2.24) is 34.6 Å². The van der Waals surface area contributed by atoms with Gasteiger partial charge in [0, 0.05) is 62.6 Å². The molecular formula is C42H51Cl2F6N7O5. The van der Waals surface area contributed by atoms with Crippen LogP contribution in [0.1, 0.15) is 102 Å². The van der Waals surface area contributed by atoms with Gasteiger partial charge >= 0.3 is 6.18 Å². The fraction of sp³-hybridized carbons (Fsp3) is 0.619. The maximum Gasteiger partial charge on any atom is 0.403 e. The number of likely N-dealkylation sites (N-methyl/N-ethyl adjacent to an activating group) is 2. The van der Waals surface area contributed by atoms with Crippen LogP contribution in [0, 0.1) is 11.3 Å². The van der Waals surface area contributed by atoms with Crippen LogP contribution in [0.4, 0.5) is 26.3 Å². The van der Waals surface area contributed by atoms with E-state index in [9.17, 15) is 50.3 Å². The normalized spacial score (nSPS) is 25.7. The van der Waals surface area contributed by atoms with E-state index in [4.69, 9.17) is 23.2 Å². The number of likely N-dealkylation sites (tertiary alicyclic amines) is 1. The minimum atomic E-state index is -5.33. The molecule has 2 N–H and O–H groups in total. The molecule has 3 aliphatic rings. The summed E-state index contributed by atoms with van der Waals surface area (Å²) in [5, 5.41) is 3.61. The SMILES string of the molecule is CC(C)C[C@@H]1NC(=O)[C@@H](n2ccc3nc([C@@H]4C[C@@H](F)CN4C(=O)C4(C(F)(F)F)CC(F)(F)C4)[nH]c3c2=O)CCCCCCCN(C)C(=O)[C@H](Cc2cc(Cl)ccc2Cl)N(C)C1=O. The number of alkyl halides is 6. The maximum atomic E-state index is 14.9. The predicted octanol–water partition coefficient (Wildman–Crippen LogP) is 7.58. The Morgan fingerprint density at radius 2 is 1.65 bits per heavy atom. The average molecular weight is 919 g/mol. The Kier molecular flexibility index (Phi) is 14.0. The average Bonchev–Trinajstić information content (AvgIpc) is 3.80. The molecule has 4 heterocycles. The molecule has 340 valence electrons. The van der Waals surface area contributed by atoms with Crippen LogP contribution >= 0.6 is 23.2 Å². The highest BCUT2D eigenvalue weighted by molar-refractivity contribution is 6.33. The van der Waals surface area contributed by atoms with Gasteiger partial charge in [-0.2, -0.15) is 13.2 Å². The molecule has 0 radical (unpaired) electrons. The number of carbonyl (C=O) groups excluding carboxylic acids is 4. The van der Waals surface area contributed by atoms with Crippen LogP contribution < -0.4 is 10.9 Å². The Hall–Kier alpha value is -4.32. The highest BCUT2D eigenvalue weighted by Crippen LogP contribution is 2.61. The fourth-order valence-corrected chi connectivity index (χ4v) is 9.31. The van der Waals surface area contributed by atoms with Crippen LogP contribution in [0.15, 0.2) is 35.3 Å². The molecule has 1 aromatic carbocycles. The minimum absolute atomic E-state index is 0.0141. The number of hydrogen-bond acceptors (Lipinski definition) is 6. The Labute approximate surface area is 364 Å². The summed E-state index contributed by atoms with van der Waals surface area (Å²) < 4.78 is 86.4. The lowest BCUT2D eigenvalue weighted by Crippen LogP contribution is -2.63. The highest BCUT2D eigenvalue weighted by atomic mass is 35.5. The van der Waals surface area contributed by atoms with E-state index in [1.807, 2.05) is 13.8 Å². The summed E-state index contributed by atoms with van der Waals surface area (Å²) >= 11 is 12.8. The van der Waals surface area contributed by atoms with Crippen molar-refractivity contribution in [2.24, 2.45) is 11.3 Å². The third-order valence-electron chi connectivity index (χ3n) is 12.3. The third-order valence-corrected chi connectivity index (χ3v) is 12.9. The summed E-state index contributed by atoms with van der Waals surface area (Å²) in [7, 11) is 3.16. The minimum Gasteiger partial charge on any atom is -0.344 e. The Balaban J connectivity index is 1.32. The predicted molar refractivity (Wildman–Crippen MR) is 219 cm³/mol. The molecule has 1 saturated carbocycles. The zero-order valence-corrected chi connectivity index (χ0v) is 36.4. The largest absolute Gasteiger partial charge is 0.403 e. The highest BCUT2D eigenvalue weighted by Gasteiger charge is 2.75. The first-order chi connectivity index (χ1) is 29.0. The van der Waals surface area contributed by atoms with Crippen LogP contribution in [0.5, 0.6) is 0 Å². The van der Waals surface area contributed by atoms with Gasteiger partial charge in [-0.3, -0.25) is 24.0 Å². The van der Waals surface area contributed by atoms with Gasteiger partial charge in [0.15, 0.2) is 5.41 Å². The van der Waals surface area contributed by atoms with E-state index in [-0.39, 0.29) is 47.9 Å². The standard InChI is InChI=1S/C42H51Cl2F6N7O5/c1-23(2)16-29-36(59)55(4)32(18-24-17-25(43)11-12-27(24)44)37(60)54(3)14-9-7-5-6-8-10-30(35(58)52-29)56-15-13-28-33(38(56)61)53-34(51-28)31-19-26(45)20-57(31)39(62)40(42(48,49)50)21-41(46,47)22-40/h11-13,15,17,23,26,29-32H,5-10,14,16,18-22H2,1-4H3,(H,51,53)(H,52,58)/t26-,29+,30+,31+,32+/m1/s1. The first-order valence-electron chi connectivity index (χ1n) is 20.8. The molecule has 4 amide bonds. The number of aromatic amines is 1. The summed E-state index contributed by atoms with van der Waals surface area (Å²) in [4.78, 5) is 81.2. The quantitative estimate of drug-likeness (QED) is 0.235. The molecule has 2 aliphatic heterocycles. The molecule has 2 saturated heterocycles. The summed E-state index contributed by atoms with van der Waals surface area (Å²) in [6, 6.07) is 1.49.